The van der Waals surface area contributed by atoms with E-state index in [1.165, 1.54) is 0 Å². The first-order valence-corrected chi connectivity index (χ1v) is 5.25. The molecule has 1 aromatic heterocycles. The Morgan fingerprint density at radius 3 is 2.65 bits per heavy atom. The van der Waals surface area contributed by atoms with Crippen molar-refractivity contribution in [2.24, 2.45) is 0 Å². The molecule has 1 N–H and O–H groups in total. The largest absolute Gasteiger partial charge is 0.391 e. The van der Waals surface area contributed by atoms with E-state index in [1.807, 2.05) is 12.1 Å². The molecule has 6 heteroatoms. The highest BCUT2D eigenvalue weighted by Crippen LogP contribution is 2.19. The van der Waals surface area contributed by atoms with Gasteiger partial charge in [-0.2, -0.15) is 13.2 Å². The molecule has 1 heterocycles. The Morgan fingerprint density at radius 2 is 2.00 bits per heavy atom. The number of ether oxygens (including phenoxy) is 1. The van der Waals surface area contributed by atoms with Crippen LogP contribution in [0.15, 0.2) is 18.2 Å². The number of aromatic nitrogens is 1. The SMILES string of the molecule is CNCc1cccc(COCCC(F)(F)F)n1. The third-order valence-electron chi connectivity index (χ3n) is 2.00. The Kier molecular flexibility index (Phi) is 5.37. The number of hydrogen-bond donors (Lipinski definition) is 1. The van der Waals surface area contributed by atoms with Crippen molar-refractivity contribution in [2.75, 3.05) is 13.7 Å². The van der Waals surface area contributed by atoms with E-state index in [2.05, 4.69) is 10.3 Å². The average Bonchev–Trinajstić information content (AvgIpc) is 2.24. The molecule has 0 bridgehead atoms. The monoisotopic (exact) mass is 248 g/mol. The second-order valence-electron chi connectivity index (χ2n) is 3.57. The summed E-state index contributed by atoms with van der Waals surface area (Å²) in [5.41, 5.74) is 1.48. The summed E-state index contributed by atoms with van der Waals surface area (Å²) in [7, 11) is 1.80. The Labute approximate surface area is 98.0 Å². The van der Waals surface area contributed by atoms with Crippen LogP contribution in [0.1, 0.15) is 17.8 Å². The van der Waals surface area contributed by atoms with Crippen LogP contribution in [0.4, 0.5) is 13.2 Å². The number of hydrogen-bond acceptors (Lipinski definition) is 3. The van der Waals surface area contributed by atoms with Gasteiger partial charge in [0.05, 0.1) is 31.0 Å². The normalized spacial score (nSPS) is 11.8. The molecule has 0 aliphatic rings. The van der Waals surface area contributed by atoms with Crippen LogP contribution in [-0.2, 0) is 17.9 Å². The quantitative estimate of drug-likeness (QED) is 0.784. The van der Waals surface area contributed by atoms with Gasteiger partial charge in [0.25, 0.3) is 0 Å². The first-order valence-electron chi connectivity index (χ1n) is 5.25. The van der Waals surface area contributed by atoms with Gasteiger partial charge in [0, 0.05) is 6.54 Å². The second kappa shape index (κ2) is 6.56. The predicted octanol–water partition coefficient (Wildman–Crippen LogP) is 2.27. The number of alkyl halides is 3. The fourth-order valence-corrected chi connectivity index (χ4v) is 1.25. The van der Waals surface area contributed by atoms with Crippen LogP contribution in [-0.4, -0.2) is 24.8 Å². The topological polar surface area (TPSA) is 34.1 Å². The molecule has 0 saturated carbocycles. The number of pyridine rings is 1. The molecule has 1 rings (SSSR count). The maximum atomic E-state index is 11.8. The lowest BCUT2D eigenvalue weighted by atomic mass is 10.3. The number of nitrogens with one attached hydrogen (secondary N) is 1. The molecule has 0 atom stereocenters. The van der Waals surface area contributed by atoms with Gasteiger partial charge in [-0.05, 0) is 19.2 Å². The minimum Gasteiger partial charge on any atom is -0.375 e. The fourth-order valence-electron chi connectivity index (χ4n) is 1.25. The Morgan fingerprint density at radius 1 is 1.29 bits per heavy atom. The van der Waals surface area contributed by atoms with Crippen molar-refractivity contribution in [3.63, 3.8) is 0 Å². The highest BCUT2D eigenvalue weighted by atomic mass is 19.4. The molecule has 0 aromatic carbocycles. The van der Waals surface area contributed by atoms with Crippen molar-refractivity contribution in [2.45, 2.75) is 25.7 Å². The third kappa shape index (κ3) is 6.23. The van der Waals surface area contributed by atoms with E-state index in [0.717, 1.165) is 5.69 Å². The highest BCUT2D eigenvalue weighted by molar-refractivity contribution is 5.10. The van der Waals surface area contributed by atoms with Gasteiger partial charge in [-0.1, -0.05) is 6.07 Å². The summed E-state index contributed by atoms with van der Waals surface area (Å²) in [6.07, 6.45) is -5.09. The van der Waals surface area contributed by atoms with Gasteiger partial charge in [-0.15, -0.1) is 0 Å². The summed E-state index contributed by atoms with van der Waals surface area (Å²) >= 11 is 0. The molecule has 0 fully saturated rings. The van der Waals surface area contributed by atoms with Crippen molar-refractivity contribution >= 4 is 0 Å². The molecule has 0 aliphatic carbocycles. The van der Waals surface area contributed by atoms with Crippen LogP contribution < -0.4 is 5.32 Å². The summed E-state index contributed by atoms with van der Waals surface area (Å²) in [6, 6.07) is 5.38. The summed E-state index contributed by atoms with van der Waals surface area (Å²) in [4.78, 5) is 4.23. The van der Waals surface area contributed by atoms with Gasteiger partial charge in [-0.25, -0.2) is 0 Å². The zero-order chi connectivity index (χ0) is 12.7. The Balaban J connectivity index is 2.34. The molecule has 1 aromatic rings. The number of nitrogens with zero attached hydrogens (tertiary/aromatic N) is 1. The van der Waals surface area contributed by atoms with E-state index in [-0.39, 0.29) is 13.2 Å². The smallest absolute Gasteiger partial charge is 0.375 e. The molecular formula is C11H15F3N2O. The molecule has 0 radical (unpaired) electrons. The molecule has 3 nitrogen and oxygen atoms in total. The lowest BCUT2D eigenvalue weighted by molar-refractivity contribution is -0.146. The van der Waals surface area contributed by atoms with Crippen LogP contribution in [0, 0.1) is 0 Å². The average molecular weight is 248 g/mol. The van der Waals surface area contributed by atoms with Crippen molar-refractivity contribution in [1.29, 1.82) is 0 Å². The minimum atomic E-state index is -4.17. The molecule has 0 amide bonds. The van der Waals surface area contributed by atoms with Crippen molar-refractivity contribution in [3.05, 3.63) is 29.6 Å². The number of halogens is 3. The van der Waals surface area contributed by atoms with Crippen LogP contribution in [0.2, 0.25) is 0 Å². The zero-order valence-corrected chi connectivity index (χ0v) is 9.55. The summed E-state index contributed by atoms with van der Waals surface area (Å²) < 4.78 is 40.5. The van der Waals surface area contributed by atoms with Gasteiger partial charge in [0.15, 0.2) is 0 Å². The van der Waals surface area contributed by atoms with Crippen LogP contribution in [0.3, 0.4) is 0 Å². The van der Waals surface area contributed by atoms with Crippen LogP contribution >= 0.6 is 0 Å². The van der Waals surface area contributed by atoms with Crippen LogP contribution in [0.5, 0.6) is 0 Å². The van der Waals surface area contributed by atoms with Gasteiger partial charge in [0.2, 0.25) is 0 Å². The second-order valence-corrected chi connectivity index (χ2v) is 3.57. The minimum absolute atomic E-state index is 0.105. The third-order valence-corrected chi connectivity index (χ3v) is 2.00. The maximum absolute atomic E-state index is 11.8. The highest BCUT2D eigenvalue weighted by Gasteiger charge is 2.26. The molecule has 96 valence electrons. The van der Waals surface area contributed by atoms with E-state index >= 15 is 0 Å². The van der Waals surface area contributed by atoms with E-state index in [0.29, 0.717) is 12.2 Å². The molecule has 0 unspecified atom stereocenters. The summed E-state index contributed by atoms with van der Waals surface area (Å²) in [6.45, 7) is 0.394. The lowest BCUT2D eigenvalue weighted by Gasteiger charge is -2.07. The summed E-state index contributed by atoms with van der Waals surface area (Å²) in [5, 5.41) is 2.95. The molecule has 0 spiro atoms. The van der Waals surface area contributed by atoms with E-state index in [1.54, 1.807) is 13.1 Å². The van der Waals surface area contributed by atoms with Crippen LogP contribution in [0.25, 0.3) is 0 Å². The first-order chi connectivity index (χ1) is 8.01. The van der Waals surface area contributed by atoms with Gasteiger partial charge in [-0.3, -0.25) is 4.98 Å². The van der Waals surface area contributed by atoms with Crippen molar-refractivity contribution < 1.29 is 17.9 Å². The molecule has 0 aliphatic heterocycles. The maximum Gasteiger partial charge on any atom is 0.391 e. The van der Waals surface area contributed by atoms with Gasteiger partial charge in [0.1, 0.15) is 0 Å². The Bertz CT molecular complexity index is 342. The van der Waals surface area contributed by atoms with Gasteiger partial charge < -0.3 is 10.1 Å². The predicted molar refractivity (Wildman–Crippen MR) is 57.3 cm³/mol. The standard InChI is InChI=1S/C11H15F3N2O/c1-15-7-9-3-2-4-10(16-9)8-17-6-5-11(12,13)14/h2-4,15H,5-8H2,1H3. The molecule has 0 saturated heterocycles. The Hall–Kier alpha value is -1.14. The molecule has 17 heavy (non-hydrogen) atoms. The number of rotatable bonds is 6. The summed E-state index contributed by atoms with van der Waals surface area (Å²) in [5.74, 6) is 0. The fraction of sp³-hybridized carbons (Fsp3) is 0.545. The zero-order valence-electron chi connectivity index (χ0n) is 9.55. The van der Waals surface area contributed by atoms with Crippen molar-refractivity contribution in [3.8, 4) is 0 Å². The lowest BCUT2D eigenvalue weighted by Crippen LogP contribution is -2.12. The van der Waals surface area contributed by atoms with E-state index in [9.17, 15) is 13.2 Å². The first kappa shape index (κ1) is 13.9. The van der Waals surface area contributed by atoms with E-state index in [4.69, 9.17) is 4.74 Å². The molecular weight excluding hydrogens is 233 g/mol. The van der Waals surface area contributed by atoms with E-state index < -0.39 is 12.6 Å². The van der Waals surface area contributed by atoms with Gasteiger partial charge >= 0.3 is 6.18 Å². The van der Waals surface area contributed by atoms with Crippen molar-refractivity contribution in [1.82, 2.24) is 10.3 Å².